The highest BCUT2D eigenvalue weighted by atomic mass is 32.2. The van der Waals surface area contributed by atoms with E-state index in [9.17, 15) is 5.11 Å². The zero-order valence-corrected chi connectivity index (χ0v) is 14.6. The summed E-state index contributed by atoms with van der Waals surface area (Å²) in [5.41, 5.74) is 0.216. The molecule has 2 N–H and O–H groups in total. The van der Waals surface area contributed by atoms with Crippen LogP contribution < -0.4 is 10.1 Å². The lowest BCUT2D eigenvalue weighted by molar-refractivity contribution is 0.0295. The molecule has 126 valence electrons. The molecular formula is C18H25NO3S. The molecule has 3 rings (SSSR count). The molecule has 0 radical (unpaired) electrons. The molecule has 0 spiro atoms. The predicted octanol–water partition coefficient (Wildman–Crippen LogP) is 3.74. The summed E-state index contributed by atoms with van der Waals surface area (Å²) in [4.78, 5) is 0. The predicted molar refractivity (Wildman–Crippen MR) is 95.3 cm³/mol. The number of ether oxygens (including phenoxy) is 1. The monoisotopic (exact) mass is 335 g/mol. The number of furan rings is 1. The lowest BCUT2D eigenvalue weighted by Gasteiger charge is -2.32. The number of nitrogens with one attached hydrogen (secondary N) is 1. The molecule has 0 bridgehead atoms. The number of fused-ring (bicyclic) bond motifs is 1. The quantitative estimate of drug-likeness (QED) is 0.842. The first kappa shape index (κ1) is 16.7. The second-order valence-electron chi connectivity index (χ2n) is 6.20. The van der Waals surface area contributed by atoms with Crippen molar-refractivity contribution in [3.8, 4) is 5.75 Å². The van der Waals surface area contributed by atoms with Crippen molar-refractivity contribution in [3.05, 3.63) is 30.0 Å². The van der Waals surface area contributed by atoms with Crippen LogP contribution >= 0.6 is 11.8 Å². The Kier molecular flexibility index (Phi) is 5.19. The zero-order valence-electron chi connectivity index (χ0n) is 13.8. The Morgan fingerprint density at radius 2 is 2.17 bits per heavy atom. The van der Waals surface area contributed by atoms with Crippen LogP contribution in [0.25, 0.3) is 11.0 Å². The first-order chi connectivity index (χ1) is 11.1. The van der Waals surface area contributed by atoms with E-state index in [0.29, 0.717) is 13.2 Å². The largest absolute Gasteiger partial charge is 0.490 e. The Morgan fingerprint density at radius 3 is 2.91 bits per heavy atom. The number of benzene rings is 1. The molecule has 1 aliphatic rings. The Bertz CT molecular complexity index is 649. The van der Waals surface area contributed by atoms with Crippen molar-refractivity contribution in [2.45, 2.75) is 38.3 Å². The normalized spacial score (nSPS) is 18.9. The molecule has 0 aliphatic carbocycles. The van der Waals surface area contributed by atoms with Crippen LogP contribution in [0.3, 0.4) is 0 Å². The summed E-state index contributed by atoms with van der Waals surface area (Å²) in [6, 6.07) is 8.04. The van der Waals surface area contributed by atoms with E-state index in [-0.39, 0.29) is 6.04 Å². The SMILES string of the molecule is CCOc1cccc2cc(C(C)NCC3(O)CCSCC3)oc12. The van der Waals surface area contributed by atoms with Gasteiger partial charge in [-0.15, -0.1) is 0 Å². The van der Waals surface area contributed by atoms with Crippen molar-refractivity contribution in [2.75, 3.05) is 24.7 Å². The fraction of sp³-hybridized carbons (Fsp3) is 0.556. The highest BCUT2D eigenvalue weighted by Gasteiger charge is 2.30. The summed E-state index contributed by atoms with van der Waals surface area (Å²) >= 11 is 1.92. The van der Waals surface area contributed by atoms with E-state index in [1.54, 1.807) is 0 Å². The first-order valence-electron chi connectivity index (χ1n) is 8.30. The number of rotatable bonds is 6. The molecule has 2 aromatic rings. The molecule has 5 heteroatoms. The van der Waals surface area contributed by atoms with Crippen LogP contribution in [0.15, 0.2) is 28.7 Å². The third kappa shape index (κ3) is 3.84. The van der Waals surface area contributed by atoms with E-state index in [1.165, 1.54) is 0 Å². The molecule has 4 nitrogen and oxygen atoms in total. The molecule has 1 saturated heterocycles. The minimum atomic E-state index is -0.581. The van der Waals surface area contributed by atoms with Gasteiger partial charge in [0, 0.05) is 11.9 Å². The van der Waals surface area contributed by atoms with E-state index in [0.717, 1.165) is 46.8 Å². The van der Waals surface area contributed by atoms with Crippen LogP contribution in [0.1, 0.15) is 38.5 Å². The molecule has 23 heavy (non-hydrogen) atoms. The van der Waals surface area contributed by atoms with E-state index in [1.807, 2.05) is 36.9 Å². The van der Waals surface area contributed by atoms with Crippen LogP contribution in [0.5, 0.6) is 5.75 Å². The zero-order chi connectivity index (χ0) is 16.3. The van der Waals surface area contributed by atoms with Crippen LogP contribution in [-0.4, -0.2) is 35.4 Å². The highest BCUT2D eigenvalue weighted by molar-refractivity contribution is 7.99. The van der Waals surface area contributed by atoms with Gasteiger partial charge in [0.05, 0.1) is 18.2 Å². The van der Waals surface area contributed by atoms with Gasteiger partial charge >= 0.3 is 0 Å². The summed E-state index contributed by atoms with van der Waals surface area (Å²) in [6.07, 6.45) is 1.71. The second-order valence-corrected chi connectivity index (χ2v) is 7.42. The van der Waals surface area contributed by atoms with Crippen molar-refractivity contribution >= 4 is 22.7 Å². The fourth-order valence-electron chi connectivity index (χ4n) is 2.91. The molecule has 2 heterocycles. The highest BCUT2D eigenvalue weighted by Crippen LogP contribution is 2.32. The standard InChI is InChI=1S/C18H25NO3S/c1-3-21-15-6-4-5-14-11-16(22-17(14)15)13(2)19-12-18(20)7-9-23-10-8-18/h4-6,11,13,19-20H,3,7-10,12H2,1-2H3. The Labute approximate surface area is 141 Å². The average molecular weight is 335 g/mol. The van der Waals surface area contributed by atoms with Crippen molar-refractivity contribution in [3.63, 3.8) is 0 Å². The van der Waals surface area contributed by atoms with Gasteiger partial charge in [-0.25, -0.2) is 0 Å². The Morgan fingerprint density at radius 1 is 1.39 bits per heavy atom. The van der Waals surface area contributed by atoms with Gasteiger partial charge in [0.2, 0.25) is 0 Å². The number of para-hydroxylation sites is 1. The minimum absolute atomic E-state index is 0.0514. The summed E-state index contributed by atoms with van der Waals surface area (Å²) in [5.74, 6) is 3.73. The van der Waals surface area contributed by atoms with Gasteiger partial charge in [-0.3, -0.25) is 0 Å². The van der Waals surface area contributed by atoms with Crippen LogP contribution in [-0.2, 0) is 0 Å². The lowest BCUT2D eigenvalue weighted by atomic mass is 9.96. The third-order valence-electron chi connectivity index (χ3n) is 4.41. The fourth-order valence-corrected chi connectivity index (χ4v) is 4.16. The Hall–Kier alpha value is -1.17. The van der Waals surface area contributed by atoms with Crippen LogP contribution in [0, 0.1) is 0 Å². The van der Waals surface area contributed by atoms with E-state index < -0.39 is 5.60 Å². The maximum atomic E-state index is 10.6. The van der Waals surface area contributed by atoms with E-state index in [2.05, 4.69) is 18.3 Å². The molecule has 1 unspecified atom stereocenters. The van der Waals surface area contributed by atoms with Crippen molar-refractivity contribution in [1.82, 2.24) is 5.32 Å². The van der Waals surface area contributed by atoms with E-state index in [4.69, 9.17) is 9.15 Å². The average Bonchev–Trinajstić information content (AvgIpc) is 2.99. The van der Waals surface area contributed by atoms with Crippen molar-refractivity contribution in [1.29, 1.82) is 0 Å². The maximum absolute atomic E-state index is 10.6. The third-order valence-corrected chi connectivity index (χ3v) is 5.40. The van der Waals surface area contributed by atoms with Gasteiger partial charge in [0.25, 0.3) is 0 Å². The summed E-state index contributed by atoms with van der Waals surface area (Å²) < 4.78 is 11.6. The summed E-state index contributed by atoms with van der Waals surface area (Å²) in [5, 5.41) is 15.1. The van der Waals surface area contributed by atoms with Crippen molar-refractivity contribution < 1.29 is 14.3 Å². The molecular weight excluding hydrogens is 310 g/mol. The molecule has 0 saturated carbocycles. The Balaban J connectivity index is 1.70. The molecule has 0 amide bonds. The second kappa shape index (κ2) is 7.16. The van der Waals surface area contributed by atoms with Crippen LogP contribution in [0.2, 0.25) is 0 Å². The van der Waals surface area contributed by atoms with Gasteiger partial charge in [0.15, 0.2) is 11.3 Å². The van der Waals surface area contributed by atoms with Gasteiger partial charge in [-0.2, -0.15) is 11.8 Å². The summed E-state index contributed by atoms with van der Waals surface area (Å²) in [6.45, 7) is 5.26. The number of aliphatic hydroxyl groups is 1. The smallest absolute Gasteiger partial charge is 0.176 e. The summed E-state index contributed by atoms with van der Waals surface area (Å²) in [7, 11) is 0. The lowest BCUT2D eigenvalue weighted by Crippen LogP contribution is -2.44. The topological polar surface area (TPSA) is 54.6 Å². The molecule has 1 fully saturated rings. The van der Waals surface area contributed by atoms with Gasteiger partial charge in [0.1, 0.15) is 5.76 Å². The number of hydrogen-bond acceptors (Lipinski definition) is 5. The molecule has 1 aromatic carbocycles. The molecule has 1 aliphatic heterocycles. The van der Waals surface area contributed by atoms with Crippen molar-refractivity contribution in [2.24, 2.45) is 0 Å². The molecule has 1 atom stereocenters. The van der Waals surface area contributed by atoms with Gasteiger partial charge in [-0.1, -0.05) is 12.1 Å². The van der Waals surface area contributed by atoms with Crippen LogP contribution in [0.4, 0.5) is 0 Å². The number of thioether (sulfide) groups is 1. The van der Waals surface area contributed by atoms with E-state index >= 15 is 0 Å². The van der Waals surface area contributed by atoms with Gasteiger partial charge in [-0.05, 0) is 50.3 Å². The molecule has 1 aromatic heterocycles. The first-order valence-corrected chi connectivity index (χ1v) is 9.45. The van der Waals surface area contributed by atoms with Gasteiger partial charge < -0.3 is 19.6 Å². The minimum Gasteiger partial charge on any atom is -0.490 e. The maximum Gasteiger partial charge on any atom is 0.176 e. The number of hydrogen-bond donors (Lipinski definition) is 2.